The number of ether oxygens (including phenoxy) is 1. The van der Waals surface area contributed by atoms with E-state index in [1.54, 1.807) is 30.6 Å². The summed E-state index contributed by atoms with van der Waals surface area (Å²) in [6.07, 6.45) is 4.54. The van der Waals surface area contributed by atoms with Crippen LogP contribution in [0.5, 0.6) is 0 Å². The van der Waals surface area contributed by atoms with Crippen LogP contribution in [0.25, 0.3) is 6.08 Å². The van der Waals surface area contributed by atoms with Gasteiger partial charge in [-0.1, -0.05) is 30.1 Å². The molecule has 0 bridgehead atoms. The lowest BCUT2D eigenvalue weighted by molar-refractivity contribution is -0.148. The number of hydrogen-bond donors (Lipinski definition) is 0. The predicted molar refractivity (Wildman–Crippen MR) is 137 cm³/mol. The van der Waals surface area contributed by atoms with Crippen LogP contribution in [0.2, 0.25) is 0 Å². The summed E-state index contributed by atoms with van der Waals surface area (Å²) < 4.78 is 7.19. The van der Waals surface area contributed by atoms with Crippen LogP contribution < -0.4 is 10.5 Å². The monoisotopic (exact) mass is 500 g/mol. The van der Waals surface area contributed by atoms with Gasteiger partial charge in [-0.15, -0.1) is 6.58 Å². The molecule has 2 aliphatic heterocycles. The lowest BCUT2D eigenvalue weighted by atomic mass is 9.95. The molecule has 0 unspecified atom stereocenters. The molecule has 1 amide bonds. The number of thiocarbonyl (C=S) groups is 1. The van der Waals surface area contributed by atoms with Crippen LogP contribution in [0.3, 0.4) is 0 Å². The van der Waals surface area contributed by atoms with Gasteiger partial charge in [-0.05, 0) is 45.3 Å². The van der Waals surface area contributed by atoms with E-state index in [1.807, 2.05) is 13.0 Å². The van der Waals surface area contributed by atoms with Gasteiger partial charge in [-0.2, -0.15) is 5.26 Å². The summed E-state index contributed by atoms with van der Waals surface area (Å²) in [4.78, 5) is 42.3. The van der Waals surface area contributed by atoms with Crippen LogP contribution in [0.1, 0.15) is 43.4 Å². The van der Waals surface area contributed by atoms with Crippen molar-refractivity contribution in [1.29, 1.82) is 5.26 Å². The number of carbonyl (C=O) groups excluding carboxylic acids is 2. The number of rotatable bonds is 7. The second-order valence-corrected chi connectivity index (χ2v) is 9.67. The third kappa shape index (κ3) is 4.81. The summed E-state index contributed by atoms with van der Waals surface area (Å²) in [5.74, 6) is 0.0440. The van der Waals surface area contributed by atoms with Gasteiger partial charge in [0.25, 0.3) is 11.5 Å². The smallest absolute Gasteiger partial charge is 0.309 e. The normalized spacial score (nSPS) is 17.9. The Balaban J connectivity index is 2.10. The number of anilines is 1. The molecule has 0 spiro atoms. The molecule has 0 aliphatic carbocycles. The third-order valence-electron chi connectivity index (χ3n) is 6.04. The molecule has 8 nitrogen and oxygen atoms in total. The van der Waals surface area contributed by atoms with Crippen molar-refractivity contribution in [3.8, 4) is 6.07 Å². The Bertz CT molecular complexity index is 1160. The topological polar surface area (TPSA) is 95.6 Å². The van der Waals surface area contributed by atoms with Crippen LogP contribution >= 0.6 is 24.0 Å². The molecule has 0 atom stereocenters. The van der Waals surface area contributed by atoms with E-state index in [0.29, 0.717) is 71.8 Å². The fraction of sp³-hybridized carbons (Fsp3) is 0.458. The van der Waals surface area contributed by atoms with Crippen LogP contribution in [-0.4, -0.2) is 51.9 Å². The van der Waals surface area contributed by atoms with Crippen molar-refractivity contribution < 1.29 is 14.3 Å². The van der Waals surface area contributed by atoms with Gasteiger partial charge in [0.05, 0.1) is 17.4 Å². The van der Waals surface area contributed by atoms with Crippen LogP contribution in [0.4, 0.5) is 5.82 Å². The second kappa shape index (κ2) is 11.0. The number of hydrogen-bond acceptors (Lipinski definition) is 8. The minimum atomic E-state index is -0.360. The molecular weight excluding hydrogens is 472 g/mol. The predicted octanol–water partition coefficient (Wildman–Crippen LogP) is 3.22. The van der Waals surface area contributed by atoms with Gasteiger partial charge in [0, 0.05) is 31.7 Å². The van der Waals surface area contributed by atoms with Gasteiger partial charge in [-0.25, -0.2) is 0 Å². The molecule has 3 heterocycles. The summed E-state index contributed by atoms with van der Waals surface area (Å²) in [6.45, 7) is 11.2. The summed E-state index contributed by atoms with van der Waals surface area (Å²) in [7, 11) is 0. The Morgan fingerprint density at radius 1 is 1.32 bits per heavy atom. The molecule has 0 N–H and O–H groups in total. The molecule has 2 fully saturated rings. The van der Waals surface area contributed by atoms with Gasteiger partial charge in [-0.3, -0.25) is 23.9 Å². The number of amides is 1. The molecule has 180 valence electrons. The zero-order valence-corrected chi connectivity index (χ0v) is 21.3. The van der Waals surface area contributed by atoms with E-state index in [9.17, 15) is 19.6 Å². The number of carbonyl (C=O) groups is 2. The van der Waals surface area contributed by atoms with E-state index in [2.05, 4.69) is 11.5 Å². The Hall–Kier alpha value is -2.90. The molecule has 0 aromatic carbocycles. The van der Waals surface area contributed by atoms with Crippen molar-refractivity contribution in [3.05, 3.63) is 44.6 Å². The summed E-state index contributed by atoms with van der Waals surface area (Å²) >= 11 is 6.55. The molecular formula is C24H28N4O4S2. The molecule has 3 rings (SSSR count). The molecule has 2 saturated heterocycles. The second-order valence-electron chi connectivity index (χ2n) is 7.99. The zero-order chi connectivity index (χ0) is 25.0. The maximum atomic E-state index is 13.1. The highest BCUT2D eigenvalue weighted by Gasteiger charge is 2.33. The highest BCUT2D eigenvalue weighted by Crippen LogP contribution is 2.36. The number of nitriles is 1. The molecule has 1 aromatic heterocycles. The first-order chi connectivity index (χ1) is 16.3. The van der Waals surface area contributed by atoms with E-state index in [4.69, 9.17) is 17.0 Å². The fourth-order valence-electron chi connectivity index (χ4n) is 4.28. The van der Waals surface area contributed by atoms with Crippen LogP contribution in [-0.2, 0) is 20.9 Å². The van der Waals surface area contributed by atoms with Crippen molar-refractivity contribution in [2.24, 2.45) is 5.92 Å². The molecule has 0 radical (unpaired) electrons. The number of esters is 1. The maximum Gasteiger partial charge on any atom is 0.309 e. The lowest BCUT2D eigenvalue weighted by Crippen LogP contribution is -2.41. The van der Waals surface area contributed by atoms with Crippen LogP contribution in [0.15, 0.2) is 22.4 Å². The van der Waals surface area contributed by atoms with E-state index in [-0.39, 0.29) is 28.9 Å². The molecule has 1 aromatic rings. The quantitative estimate of drug-likeness (QED) is 0.244. The standard InChI is InChI=1S/C24H28N4O4S2/c1-5-10-28-22(30)19(34-24(28)33)13-17-15(4)18(14-25)21(29)27(6-2)20(17)26-11-8-16(9-12-26)23(31)32-7-3/h5,13,16H,1,6-12H2,2-4H3/b19-13+. The van der Waals surface area contributed by atoms with E-state index in [0.717, 1.165) is 0 Å². The van der Waals surface area contributed by atoms with Gasteiger partial charge in [0.1, 0.15) is 21.8 Å². The average molecular weight is 501 g/mol. The summed E-state index contributed by atoms with van der Waals surface area (Å²) in [5, 5.41) is 9.70. The van der Waals surface area contributed by atoms with Gasteiger partial charge < -0.3 is 9.64 Å². The first kappa shape index (κ1) is 25.7. The van der Waals surface area contributed by atoms with E-state index >= 15 is 0 Å². The molecule has 10 heteroatoms. The Morgan fingerprint density at radius 2 is 2.00 bits per heavy atom. The Kier molecular flexibility index (Phi) is 8.33. The van der Waals surface area contributed by atoms with Crippen molar-refractivity contribution in [2.45, 2.75) is 40.2 Å². The van der Waals surface area contributed by atoms with Crippen molar-refractivity contribution in [1.82, 2.24) is 9.47 Å². The first-order valence-electron chi connectivity index (χ1n) is 11.2. The molecule has 2 aliphatic rings. The maximum absolute atomic E-state index is 13.1. The first-order valence-corrected chi connectivity index (χ1v) is 12.5. The molecule has 34 heavy (non-hydrogen) atoms. The average Bonchev–Trinajstić information content (AvgIpc) is 3.09. The van der Waals surface area contributed by atoms with Gasteiger partial charge >= 0.3 is 5.97 Å². The van der Waals surface area contributed by atoms with E-state index < -0.39 is 0 Å². The number of pyridine rings is 1. The lowest BCUT2D eigenvalue weighted by Gasteiger charge is -2.35. The molecule has 0 saturated carbocycles. The Morgan fingerprint density at radius 3 is 2.56 bits per heavy atom. The SMILES string of the molecule is C=CCN1C(=O)/C(=C\c2c(C)c(C#N)c(=O)n(CC)c2N2CCC(C(=O)OCC)CC2)SC1=S. The summed E-state index contributed by atoms with van der Waals surface area (Å²) in [5.41, 5.74) is 0.863. The summed E-state index contributed by atoms with van der Waals surface area (Å²) in [6, 6.07) is 2.04. The zero-order valence-electron chi connectivity index (χ0n) is 19.6. The number of thioether (sulfide) groups is 1. The highest BCUT2D eigenvalue weighted by atomic mass is 32.2. The fourth-order valence-corrected chi connectivity index (χ4v) is 5.54. The van der Waals surface area contributed by atoms with Gasteiger partial charge in [0.2, 0.25) is 0 Å². The third-order valence-corrected chi connectivity index (χ3v) is 7.42. The largest absolute Gasteiger partial charge is 0.466 e. The van der Waals surface area contributed by atoms with Gasteiger partial charge in [0.15, 0.2) is 0 Å². The number of piperidine rings is 1. The minimum Gasteiger partial charge on any atom is -0.466 e. The van der Waals surface area contributed by atoms with Crippen molar-refractivity contribution in [3.63, 3.8) is 0 Å². The van der Waals surface area contributed by atoms with Crippen molar-refractivity contribution in [2.75, 3.05) is 31.1 Å². The van der Waals surface area contributed by atoms with Crippen LogP contribution in [0, 0.1) is 24.2 Å². The highest BCUT2D eigenvalue weighted by molar-refractivity contribution is 8.26. The number of aromatic nitrogens is 1. The minimum absolute atomic E-state index is 0.0554. The van der Waals surface area contributed by atoms with E-state index in [1.165, 1.54) is 16.7 Å². The number of nitrogens with zero attached hydrogens (tertiary/aromatic N) is 4. The Labute approximate surface area is 208 Å². The van der Waals surface area contributed by atoms with Crippen molar-refractivity contribution >= 4 is 52.1 Å².